The van der Waals surface area contributed by atoms with Gasteiger partial charge in [-0.3, -0.25) is 9.79 Å². The molecule has 1 fully saturated rings. The Bertz CT molecular complexity index is 942. The van der Waals surface area contributed by atoms with Crippen LogP contribution in [-0.2, 0) is 14.1 Å². The standard InChI is InChI=1S/C21H24BFN2O4/c1-13(26)27-16-8-6-15(7-9-16)25-12-14-10-17(18(23)11-19(14)24)22-28-20(2,3)21(4,5)29-22/h6-12H,24H2,1-5H3. The number of nitrogens with zero attached hydrogens (tertiary/aromatic N) is 1. The van der Waals surface area contributed by atoms with Gasteiger partial charge in [-0.2, -0.15) is 0 Å². The van der Waals surface area contributed by atoms with Crippen molar-refractivity contribution in [3.63, 3.8) is 0 Å². The van der Waals surface area contributed by atoms with E-state index in [1.54, 1.807) is 36.5 Å². The van der Waals surface area contributed by atoms with Gasteiger partial charge >= 0.3 is 13.1 Å². The van der Waals surface area contributed by atoms with Crippen molar-refractivity contribution < 1.29 is 23.2 Å². The molecule has 0 aliphatic carbocycles. The molecule has 152 valence electrons. The lowest BCUT2D eigenvalue weighted by Crippen LogP contribution is -2.41. The molecule has 1 saturated heterocycles. The van der Waals surface area contributed by atoms with Crippen molar-refractivity contribution in [2.75, 3.05) is 5.73 Å². The van der Waals surface area contributed by atoms with Crippen LogP contribution in [0.4, 0.5) is 15.8 Å². The minimum Gasteiger partial charge on any atom is -0.427 e. The van der Waals surface area contributed by atoms with E-state index >= 15 is 0 Å². The van der Waals surface area contributed by atoms with Crippen molar-refractivity contribution in [3.05, 3.63) is 47.8 Å². The number of esters is 1. The average molecular weight is 398 g/mol. The largest absolute Gasteiger partial charge is 0.497 e. The second kappa shape index (κ2) is 7.61. The summed E-state index contributed by atoms with van der Waals surface area (Å²) in [7, 11) is -0.837. The van der Waals surface area contributed by atoms with Crippen LogP contribution in [0.15, 0.2) is 41.4 Å². The van der Waals surface area contributed by atoms with Gasteiger partial charge in [-0.05, 0) is 64.1 Å². The normalized spacial score (nSPS) is 17.7. The van der Waals surface area contributed by atoms with Crippen molar-refractivity contribution in [2.24, 2.45) is 4.99 Å². The third-order valence-corrected chi connectivity index (χ3v) is 5.16. The molecule has 3 rings (SSSR count). The summed E-state index contributed by atoms with van der Waals surface area (Å²) in [5, 5.41) is 0. The van der Waals surface area contributed by atoms with Gasteiger partial charge in [0.05, 0.1) is 16.9 Å². The Morgan fingerprint density at radius 2 is 1.72 bits per heavy atom. The van der Waals surface area contributed by atoms with Crippen LogP contribution in [-0.4, -0.2) is 30.5 Å². The maximum absolute atomic E-state index is 14.6. The first-order valence-corrected chi connectivity index (χ1v) is 9.25. The summed E-state index contributed by atoms with van der Waals surface area (Å²) in [5.41, 5.74) is 6.50. The molecule has 2 aromatic carbocycles. The molecule has 1 heterocycles. The van der Waals surface area contributed by atoms with Crippen molar-refractivity contribution in [2.45, 2.75) is 45.8 Å². The Labute approximate surface area is 170 Å². The Kier molecular flexibility index (Phi) is 5.51. The number of carbonyl (C=O) groups excluding carboxylic acids is 1. The topological polar surface area (TPSA) is 83.1 Å². The van der Waals surface area contributed by atoms with E-state index in [4.69, 9.17) is 19.8 Å². The summed E-state index contributed by atoms with van der Waals surface area (Å²) in [5.74, 6) is -0.458. The zero-order valence-electron chi connectivity index (χ0n) is 17.2. The molecule has 8 heteroatoms. The summed E-state index contributed by atoms with van der Waals surface area (Å²) < 4.78 is 31.5. The summed E-state index contributed by atoms with van der Waals surface area (Å²) >= 11 is 0. The van der Waals surface area contributed by atoms with Gasteiger partial charge in [0, 0.05) is 29.9 Å². The molecule has 0 atom stereocenters. The third kappa shape index (κ3) is 4.49. The Balaban J connectivity index is 1.85. The number of hydrogen-bond donors (Lipinski definition) is 1. The van der Waals surface area contributed by atoms with Crippen molar-refractivity contribution in [1.29, 1.82) is 0 Å². The van der Waals surface area contributed by atoms with Crippen LogP contribution < -0.4 is 15.9 Å². The first kappa shape index (κ1) is 21.0. The minimum atomic E-state index is -0.837. The van der Waals surface area contributed by atoms with Crippen LogP contribution in [0, 0.1) is 5.82 Å². The molecule has 0 saturated carbocycles. The van der Waals surface area contributed by atoms with E-state index in [-0.39, 0.29) is 11.2 Å². The van der Waals surface area contributed by atoms with Gasteiger partial charge in [-0.1, -0.05) is 0 Å². The number of nitrogens with two attached hydrogens (primary N) is 1. The van der Waals surface area contributed by atoms with Gasteiger partial charge < -0.3 is 19.8 Å². The summed E-state index contributed by atoms with van der Waals surface area (Å²) in [6, 6.07) is 9.50. The molecule has 2 aromatic rings. The number of anilines is 1. The lowest BCUT2D eigenvalue weighted by Gasteiger charge is -2.32. The first-order valence-electron chi connectivity index (χ1n) is 9.25. The van der Waals surface area contributed by atoms with Gasteiger partial charge in [-0.25, -0.2) is 4.39 Å². The molecule has 0 aromatic heterocycles. The Morgan fingerprint density at radius 1 is 1.14 bits per heavy atom. The second-order valence-electron chi connectivity index (χ2n) is 7.94. The number of ether oxygens (including phenoxy) is 1. The van der Waals surface area contributed by atoms with E-state index in [1.807, 2.05) is 27.7 Å². The van der Waals surface area contributed by atoms with Gasteiger partial charge in [0.1, 0.15) is 11.6 Å². The molecule has 0 bridgehead atoms. The first-order chi connectivity index (χ1) is 13.5. The molecule has 29 heavy (non-hydrogen) atoms. The molecule has 2 N–H and O–H groups in total. The Morgan fingerprint density at radius 3 is 2.28 bits per heavy atom. The van der Waals surface area contributed by atoms with E-state index in [1.165, 1.54) is 13.0 Å². The number of benzene rings is 2. The number of aliphatic imine (C=N–C) groups is 1. The third-order valence-electron chi connectivity index (χ3n) is 5.16. The van der Waals surface area contributed by atoms with Crippen molar-refractivity contribution in [3.8, 4) is 5.75 Å². The lowest BCUT2D eigenvalue weighted by molar-refractivity contribution is -0.131. The number of rotatable bonds is 4. The monoisotopic (exact) mass is 398 g/mol. The Hall–Kier alpha value is -2.71. The highest BCUT2D eigenvalue weighted by molar-refractivity contribution is 6.62. The van der Waals surface area contributed by atoms with Gasteiger partial charge in [0.25, 0.3) is 0 Å². The SMILES string of the molecule is CC(=O)Oc1ccc(N=Cc2cc(B3OC(C)(C)C(C)(C)O3)c(F)cc2N)cc1. The number of halogens is 1. The highest BCUT2D eigenvalue weighted by Gasteiger charge is 2.52. The maximum Gasteiger partial charge on any atom is 0.497 e. The van der Waals surface area contributed by atoms with E-state index in [9.17, 15) is 9.18 Å². The minimum absolute atomic E-state index is 0.253. The van der Waals surface area contributed by atoms with E-state index in [0.29, 0.717) is 17.0 Å². The van der Waals surface area contributed by atoms with Crippen LogP contribution >= 0.6 is 0 Å². The zero-order chi connectivity index (χ0) is 21.4. The van der Waals surface area contributed by atoms with Crippen LogP contribution in [0.3, 0.4) is 0 Å². The summed E-state index contributed by atoms with van der Waals surface area (Å²) in [6.07, 6.45) is 1.55. The summed E-state index contributed by atoms with van der Waals surface area (Å²) in [6.45, 7) is 8.96. The number of hydrogen-bond acceptors (Lipinski definition) is 6. The van der Waals surface area contributed by atoms with Gasteiger partial charge in [-0.15, -0.1) is 0 Å². The second-order valence-corrected chi connectivity index (χ2v) is 7.94. The summed E-state index contributed by atoms with van der Waals surface area (Å²) in [4.78, 5) is 15.3. The predicted octanol–water partition coefficient (Wildman–Crippen LogP) is 3.38. The number of nitrogen functional groups attached to an aromatic ring is 1. The number of carbonyl (C=O) groups is 1. The fourth-order valence-corrected chi connectivity index (χ4v) is 2.80. The molecule has 0 radical (unpaired) electrons. The molecular formula is C21H24BFN2O4. The van der Waals surface area contributed by atoms with Crippen LogP contribution in [0.1, 0.15) is 40.2 Å². The van der Waals surface area contributed by atoms with Crippen LogP contribution in [0.5, 0.6) is 5.75 Å². The van der Waals surface area contributed by atoms with E-state index in [0.717, 1.165) is 0 Å². The van der Waals surface area contributed by atoms with Gasteiger partial charge in [0.2, 0.25) is 0 Å². The van der Waals surface area contributed by atoms with E-state index in [2.05, 4.69) is 4.99 Å². The molecular weight excluding hydrogens is 374 g/mol. The molecule has 1 aliphatic rings. The highest BCUT2D eigenvalue weighted by atomic mass is 19.1. The molecule has 6 nitrogen and oxygen atoms in total. The molecule has 0 amide bonds. The highest BCUT2D eigenvalue weighted by Crippen LogP contribution is 2.36. The zero-order valence-corrected chi connectivity index (χ0v) is 17.2. The fraction of sp³-hybridized carbons (Fsp3) is 0.333. The van der Waals surface area contributed by atoms with Crippen LogP contribution in [0.2, 0.25) is 0 Å². The van der Waals surface area contributed by atoms with E-state index < -0.39 is 30.1 Å². The lowest BCUT2D eigenvalue weighted by atomic mass is 9.77. The van der Waals surface area contributed by atoms with Crippen LogP contribution in [0.25, 0.3) is 0 Å². The average Bonchev–Trinajstić information content (AvgIpc) is 2.82. The van der Waals surface area contributed by atoms with Crippen molar-refractivity contribution in [1.82, 2.24) is 0 Å². The van der Waals surface area contributed by atoms with Crippen molar-refractivity contribution >= 4 is 36.1 Å². The van der Waals surface area contributed by atoms with Gasteiger partial charge in [0.15, 0.2) is 0 Å². The molecule has 0 unspecified atom stereocenters. The quantitative estimate of drug-likeness (QED) is 0.281. The molecule has 0 spiro atoms. The fourth-order valence-electron chi connectivity index (χ4n) is 2.80. The predicted molar refractivity (Wildman–Crippen MR) is 112 cm³/mol. The molecule has 1 aliphatic heterocycles. The maximum atomic E-state index is 14.6. The smallest absolute Gasteiger partial charge is 0.427 e.